The fourth-order valence-electron chi connectivity index (χ4n) is 5.93. The lowest BCUT2D eigenvalue weighted by atomic mass is 9.67. The summed E-state index contributed by atoms with van der Waals surface area (Å²) < 4.78 is 51.1. The third-order valence-electron chi connectivity index (χ3n) is 7.77. The van der Waals surface area contributed by atoms with E-state index >= 15 is 0 Å². The van der Waals surface area contributed by atoms with Crippen molar-refractivity contribution >= 4 is 23.4 Å². The monoisotopic (exact) mass is 605 g/mol. The van der Waals surface area contributed by atoms with Crippen molar-refractivity contribution in [3.63, 3.8) is 0 Å². The fraction of sp³-hybridized carbons (Fsp3) is 0.273. The van der Waals surface area contributed by atoms with Gasteiger partial charge in [0.05, 0.1) is 30.3 Å². The van der Waals surface area contributed by atoms with Crippen molar-refractivity contribution in [3.8, 4) is 0 Å². The Morgan fingerprint density at radius 2 is 1.61 bits per heavy atom. The zero-order valence-corrected chi connectivity index (χ0v) is 24.0. The number of pyridine rings is 1. The molecule has 0 bridgehead atoms. The zero-order chi connectivity index (χ0) is 31.6. The van der Waals surface area contributed by atoms with E-state index in [9.17, 15) is 27.6 Å². The minimum atomic E-state index is -4.58. The Kier molecular flexibility index (Phi) is 8.57. The number of nitrogens with two attached hydrogens (primary N) is 1. The van der Waals surface area contributed by atoms with Gasteiger partial charge in [-0.15, -0.1) is 0 Å². The molecule has 5 rings (SSSR count). The van der Waals surface area contributed by atoms with Crippen LogP contribution in [0.3, 0.4) is 0 Å². The molecule has 2 N–H and O–H groups in total. The average molecular weight is 606 g/mol. The number of carbonyl (C=O) groups excluding carboxylic acids is 3. The maximum Gasteiger partial charge on any atom is 0.416 e. The number of Topliss-reactive ketones (excluding diaryl/α,β-unsaturated/α-hetero) is 1. The summed E-state index contributed by atoms with van der Waals surface area (Å²) in [6.07, 6.45) is -1.47. The first-order valence-corrected chi connectivity index (χ1v) is 14.1. The summed E-state index contributed by atoms with van der Waals surface area (Å²) in [6.45, 7) is 3.29. The Morgan fingerprint density at radius 3 is 2.20 bits per heavy atom. The number of anilines is 1. The number of hydrogen-bond acceptors (Lipinski definition) is 8. The third-order valence-corrected chi connectivity index (χ3v) is 7.77. The number of hydrogen-bond donors (Lipinski definition) is 1. The minimum Gasteiger partial charge on any atom is -0.465 e. The van der Waals surface area contributed by atoms with Crippen LogP contribution in [0.25, 0.3) is 0 Å². The van der Waals surface area contributed by atoms with Gasteiger partial charge in [-0.2, -0.15) is 13.2 Å². The summed E-state index contributed by atoms with van der Waals surface area (Å²) in [5, 5.41) is 0. The number of halogens is 3. The molecule has 3 aromatic rings. The molecule has 2 heterocycles. The molecule has 44 heavy (non-hydrogen) atoms. The molecular weight excluding hydrogens is 575 g/mol. The number of benzene rings is 2. The van der Waals surface area contributed by atoms with Gasteiger partial charge in [0.2, 0.25) is 0 Å². The third kappa shape index (κ3) is 5.57. The highest BCUT2D eigenvalue weighted by molar-refractivity contribution is 6.14. The summed E-state index contributed by atoms with van der Waals surface area (Å²) >= 11 is 0. The first-order valence-electron chi connectivity index (χ1n) is 14.1. The number of ketones is 1. The van der Waals surface area contributed by atoms with Gasteiger partial charge in [0.1, 0.15) is 11.7 Å². The molecule has 0 spiro atoms. The Hall–Kier alpha value is -4.93. The minimum absolute atomic E-state index is 0.00294. The smallest absolute Gasteiger partial charge is 0.416 e. The predicted octanol–water partition coefficient (Wildman–Crippen LogP) is 5.63. The van der Waals surface area contributed by atoms with Crippen molar-refractivity contribution in [1.29, 1.82) is 0 Å². The van der Waals surface area contributed by atoms with E-state index in [-0.39, 0.29) is 42.3 Å². The molecule has 2 aromatic carbocycles. The van der Waals surface area contributed by atoms with Crippen LogP contribution >= 0.6 is 0 Å². The molecule has 3 atom stereocenters. The Labute approximate surface area is 252 Å². The summed E-state index contributed by atoms with van der Waals surface area (Å²) in [5.41, 5.74) is 7.56. The predicted molar refractivity (Wildman–Crippen MR) is 155 cm³/mol. The highest BCUT2D eigenvalue weighted by atomic mass is 19.4. The van der Waals surface area contributed by atoms with Crippen molar-refractivity contribution < 1.29 is 37.0 Å². The molecule has 0 unspecified atom stereocenters. The zero-order valence-electron chi connectivity index (χ0n) is 24.0. The van der Waals surface area contributed by atoms with Crippen LogP contribution in [0.4, 0.5) is 18.9 Å². The van der Waals surface area contributed by atoms with Gasteiger partial charge in [-0.1, -0.05) is 36.4 Å². The Balaban J connectivity index is 1.80. The van der Waals surface area contributed by atoms with E-state index in [0.29, 0.717) is 16.8 Å². The van der Waals surface area contributed by atoms with Gasteiger partial charge in [-0.05, 0) is 61.7 Å². The van der Waals surface area contributed by atoms with Crippen LogP contribution < -0.4 is 10.6 Å². The molecular formula is C33H30F3N3O5. The second-order valence-electron chi connectivity index (χ2n) is 10.3. The maximum absolute atomic E-state index is 14.7. The van der Waals surface area contributed by atoms with Crippen LogP contribution in [0.5, 0.6) is 0 Å². The van der Waals surface area contributed by atoms with Crippen LogP contribution in [0.2, 0.25) is 0 Å². The van der Waals surface area contributed by atoms with E-state index in [0.717, 1.165) is 12.1 Å². The first-order chi connectivity index (χ1) is 21.1. The van der Waals surface area contributed by atoms with Gasteiger partial charge < -0.3 is 15.2 Å². The van der Waals surface area contributed by atoms with Gasteiger partial charge >= 0.3 is 18.1 Å². The summed E-state index contributed by atoms with van der Waals surface area (Å²) in [7, 11) is 0. The molecule has 11 heteroatoms. The molecule has 0 fully saturated rings. The number of esters is 2. The molecule has 2 aliphatic rings. The summed E-state index contributed by atoms with van der Waals surface area (Å²) in [4.78, 5) is 47.3. The average Bonchev–Trinajstić information content (AvgIpc) is 3.01. The number of ether oxygens (including phenoxy) is 2. The summed E-state index contributed by atoms with van der Waals surface area (Å²) in [6, 6.07) is 16.5. The van der Waals surface area contributed by atoms with Crippen molar-refractivity contribution in [2.45, 2.75) is 38.3 Å². The van der Waals surface area contributed by atoms with Gasteiger partial charge in [-0.3, -0.25) is 19.5 Å². The molecule has 1 aromatic heterocycles. The second-order valence-corrected chi connectivity index (χ2v) is 10.3. The number of allylic oxidation sites excluding steroid dienone is 2. The molecule has 1 aliphatic heterocycles. The van der Waals surface area contributed by atoms with Gasteiger partial charge in [0.25, 0.3) is 0 Å². The van der Waals surface area contributed by atoms with Crippen LogP contribution in [0.15, 0.2) is 102 Å². The lowest BCUT2D eigenvalue weighted by molar-refractivity contribution is -0.152. The Morgan fingerprint density at radius 1 is 0.955 bits per heavy atom. The van der Waals surface area contributed by atoms with E-state index < -0.39 is 47.2 Å². The SMILES string of the molecule is CCOC(=O)C1=C(N)N(c2ccc(C(F)(F)F)cc2)C2=C(C(=O)[C@H](C(=O)OCC)[C@H](c3ccccc3)C2)[C@H]1c1cccnc1. The van der Waals surface area contributed by atoms with Crippen molar-refractivity contribution in [3.05, 3.63) is 118 Å². The Bertz CT molecular complexity index is 1620. The second kappa shape index (κ2) is 12.4. The molecule has 228 valence electrons. The molecule has 0 amide bonds. The molecule has 1 aliphatic carbocycles. The largest absolute Gasteiger partial charge is 0.465 e. The van der Waals surface area contributed by atoms with E-state index in [4.69, 9.17) is 15.2 Å². The quantitative estimate of drug-likeness (QED) is 0.273. The normalized spacial score (nSPS) is 20.3. The molecule has 0 saturated carbocycles. The van der Waals surface area contributed by atoms with Crippen molar-refractivity contribution in [2.24, 2.45) is 11.7 Å². The van der Waals surface area contributed by atoms with E-state index in [1.54, 1.807) is 56.3 Å². The summed E-state index contributed by atoms with van der Waals surface area (Å²) in [5.74, 6) is -5.23. The van der Waals surface area contributed by atoms with Gasteiger partial charge in [0, 0.05) is 35.3 Å². The lowest BCUT2D eigenvalue weighted by Crippen LogP contribution is -2.46. The first kappa shape index (κ1) is 30.5. The number of nitrogens with zero attached hydrogens (tertiary/aromatic N) is 2. The number of alkyl halides is 3. The van der Waals surface area contributed by atoms with Crippen LogP contribution in [-0.2, 0) is 30.0 Å². The van der Waals surface area contributed by atoms with Crippen molar-refractivity contribution in [2.75, 3.05) is 18.1 Å². The fourth-order valence-corrected chi connectivity index (χ4v) is 5.93. The van der Waals surface area contributed by atoms with Crippen molar-refractivity contribution in [1.82, 2.24) is 4.98 Å². The molecule has 8 nitrogen and oxygen atoms in total. The van der Waals surface area contributed by atoms with Gasteiger partial charge in [0.15, 0.2) is 5.78 Å². The number of carbonyl (C=O) groups is 3. The molecule has 0 radical (unpaired) electrons. The van der Waals surface area contributed by atoms with Crippen LogP contribution in [0, 0.1) is 5.92 Å². The van der Waals surface area contributed by atoms with Gasteiger partial charge in [-0.25, -0.2) is 4.79 Å². The van der Waals surface area contributed by atoms with E-state index in [1.165, 1.54) is 29.4 Å². The maximum atomic E-state index is 14.7. The topological polar surface area (TPSA) is 112 Å². The lowest BCUT2D eigenvalue weighted by Gasteiger charge is -2.44. The van der Waals surface area contributed by atoms with Crippen LogP contribution in [-0.4, -0.2) is 35.9 Å². The molecule has 0 saturated heterocycles. The van der Waals surface area contributed by atoms with E-state index in [1.807, 2.05) is 0 Å². The van der Waals surface area contributed by atoms with Crippen LogP contribution in [0.1, 0.15) is 48.8 Å². The number of rotatable bonds is 7. The number of aromatic nitrogens is 1. The van der Waals surface area contributed by atoms with E-state index in [2.05, 4.69) is 4.98 Å². The highest BCUT2D eigenvalue weighted by Gasteiger charge is 2.51. The standard InChI is InChI=1S/C33H30F3N3O5/c1-3-43-31(41)26-23(19-9-6-5-7-10-19)17-24-27(29(26)40)25(20-11-8-16-38-18-20)28(32(42)44-4-2)30(37)39(24)22-14-12-21(13-15-22)33(34,35)36/h5-16,18,23,25-26H,3-4,17,37H2,1-2H3/t23-,25+,26+/m0/s1. The highest BCUT2D eigenvalue weighted by Crippen LogP contribution is 2.51.